The average molecular weight is 293 g/mol. The molecule has 0 fully saturated rings. The van der Waals surface area contributed by atoms with Gasteiger partial charge in [0.2, 0.25) is 0 Å². The van der Waals surface area contributed by atoms with Crippen LogP contribution < -0.4 is 5.14 Å². The molecule has 0 saturated heterocycles. The molecular weight excluding hydrogens is 287 g/mol. The Kier molecular flexibility index (Phi) is 3.02. The van der Waals surface area contributed by atoms with E-state index in [1.54, 1.807) is 0 Å². The van der Waals surface area contributed by atoms with Crippen molar-refractivity contribution in [1.29, 1.82) is 0 Å². The third-order valence-corrected chi connectivity index (χ3v) is 2.75. The lowest BCUT2D eigenvalue weighted by atomic mass is 10.2. The average Bonchev–Trinajstić information content (AvgIpc) is 2.77. The molecule has 0 aliphatic rings. The van der Waals surface area contributed by atoms with Gasteiger partial charge in [-0.2, -0.15) is 13.2 Å². The molecule has 2 N–H and O–H groups in total. The van der Waals surface area contributed by atoms with Crippen LogP contribution in [0, 0.1) is 0 Å². The van der Waals surface area contributed by atoms with Crippen molar-refractivity contribution in [2.75, 3.05) is 0 Å². The number of aromatic nitrogens is 4. The molecule has 1 aromatic heterocycles. The smallest absolute Gasteiger partial charge is 0.222 e. The Balaban J connectivity index is 2.36. The molecule has 0 radical (unpaired) electrons. The number of primary sulfonamides is 1. The first-order chi connectivity index (χ1) is 8.68. The van der Waals surface area contributed by atoms with Crippen molar-refractivity contribution >= 4 is 10.0 Å². The highest BCUT2D eigenvalue weighted by molar-refractivity contribution is 7.89. The van der Waals surface area contributed by atoms with Crippen molar-refractivity contribution in [1.82, 2.24) is 20.2 Å². The second-order valence-electron chi connectivity index (χ2n) is 3.45. The van der Waals surface area contributed by atoms with Crippen LogP contribution in [0.15, 0.2) is 29.4 Å². The molecule has 0 amide bonds. The van der Waals surface area contributed by atoms with E-state index in [9.17, 15) is 21.6 Å². The summed E-state index contributed by atoms with van der Waals surface area (Å²) in [5.41, 5.74) is -0.724. The highest BCUT2D eigenvalue weighted by Crippen LogP contribution is 2.29. The van der Waals surface area contributed by atoms with Crippen molar-refractivity contribution in [3.8, 4) is 5.69 Å². The maximum atomic E-state index is 12.3. The molecule has 1 aromatic carbocycles. The summed E-state index contributed by atoms with van der Waals surface area (Å²) in [6.45, 7) is 0. The molecule has 102 valence electrons. The summed E-state index contributed by atoms with van der Waals surface area (Å²) in [5.74, 6) is 0. The van der Waals surface area contributed by atoms with Crippen LogP contribution >= 0.6 is 0 Å². The van der Waals surface area contributed by atoms with Gasteiger partial charge in [0, 0.05) is 0 Å². The van der Waals surface area contributed by atoms with Gasteiger partial charge >= 0.3 is 11.3 Å². The van der Waals surface area contributed by atoms with Gasteiger partial charge in [-0.3, -0.25) is 0 Å². The Bertz CT molecular complexity index is 692. The lowest BCUT2D eigenvalue weighted by molar-refractivity contribution is -0.137. The number of nitrogens with two attached hydrogens (primary N) is 1. The van der Waals surface area contributed by atoms with Crippen LogP contribution in [0.25, 0.3) is 5.69 Å². The molecule has 0 saturated carbocycles. The van der Waals surface area contributed by atoms with Gasteiger partial charge in [-0.25, -0.2) is 13.6 Å². The minimum atomic E-state index is -4.46. The monoisotopic (exact) mass is 293 g/mol. The number of hydrogen-bond acceptors (Lipinski definition) is 5. The first-order valence-corrected chi connectivity index (χ1v) is 6.23. The molecule has 0 aliphatic carbocycles. The van der Waals surface area contributed by atoms with E-state index in [4.69, 9.17) is 5.14 Å². The lowest BCUT2D eigenvalue weighted by Gasteiger charge is -2.06. The van der Waals surface area contributed by atoms with Crippen LogP contribution in [0.4, 0.5) is 13.2 Å². The van der Waals surface area contributed by atoms with E-state index in [0.717, 1.165) is 29.1 Å². The van der Waals surface area contributed by atoms with Gasteiger partial charge in [-0.15, -0.1) is 9.90 Å². The topological polar surface area (TPSA) is 104 Å². The fourth-order valence-corrected chi connectivity index (χ4v) is 1.55. The van der Waals surface area contributed by atoms with Gasteiger partial charge in [-0.05, 0) is 29.5 Å². The zero-order chi connectivity index (χ0) is 14.3. The number of benzene rings is 1. The molecule has 0 spiro atoms. The molecule has 0 unspecified atom stereocenters. The van der Waals surface area contributed by atoms with Crippen LogP contribution in [-0.4, -0.2) is 28.6 Å². The van der Waals surface area contributed by atoms with E-state index >= 15 is 0 Å². The SMILES string of the molecule is NS(=O)(=O)c1nnn(-c2ccc(C(F)(F)F)cc2)n1. The van der Waals surface area contributed by atoms with E-state index in [2.05, 4.69) is 15.4 Å². The number of hydrogen-bond donors (Lipinski definition) is 1. The van der Waals surface area contributed by atoms with Crippen LogP contribution in [0.1, 0.15) is 5.56 Å². The zero-order valence-electron chi connectivity index (χ0n) is 9.03. The lowest BCUT2D eigenvalue weighted by Crippen LogP contribution is -2.14. The summed E-state index contributed by atoms with van der Waals surface area (Å²) in [7, 11) is -4.11. The van der Waals surface area contributed by atoms with Gasteiger partial charge in [0.05, 0.1) is 11.3 Å². The van der Waals surface area contributed by atoms with Gasteiger partial charge in [0.1, 0.15) is 0 Å². The number of tetrazole rings is 1. The van der Waals surface area contributed by atoms with E-state index < -0.39 is 26.9 Å². The third kappa shape index (κ3) is 2.88. The highest BCUT2D eigenvalue weighted by atomic mass is 32.2. The minimum absolute atomic E-state index is 0.121. The standard InChI is InChI=1S/C8H6F3N5O2S/c9-8(10,11)5-1-3-6(4-2-5)16-14-7(13-15-16)19(12,17)18/h1-4H,(H2,12,17,18). The summed E-state index contributed by atoms with van der Waals surface area (Å²) in [6.07, 6.45) is -4.46. The number of alkyl halides is 3. The molecule has 11 heteroatoms. The molecule has 2 rings (SSSR count). The van der Waals surface area contributed by atoms with Crippen molar-refractivity contribution in [3.63, 3.8) is 0 Å². The Morgan fingerprint density at radius 3 is 2.16 bits per heavy atom. The van der Waals surface area contributed by atoms with Crippen molar-refractivity contribution in [2.45, 2.75) is 11.3 Å². The van der Waals surface area contributed by atoms with E-state index in [1.807, 2.05) is 0 Å². The maximum Gasteiger partial charge on any atom is 0.416 e. The summed E-state index contributed by atoms with van der Waals surface area (Å²) < 4.78 is 58.8. The number of sulfonamides is 1. The zero-order valence-corrected chi connectivity index (χ0v) is 9.85. The first-order valence-electron chi connectivity index (χ1n) is 4.68. The summed E-state index contributed by atoms with van der Waals surface area (Å²) in [6, 6.07) is 3.79. The molecular formula is C8H6F3N5O2S. The normalized spacial score (nSPS) is 12.6. The van der Waals surface area contributed by atoms with Gasteiger partial charge in [0.25, 0.3) is 10.0 Å². The molecule has 0 bridgehead atoms. The van der Waals surface area contributed by atoms with Crippen LogP contribution in [0.3, 0.4) is 0 Å². The molecule has 19 heavy (non-hydrogen) atoms. The van der Waals surface area contributed by atoms with E-state index in [1.165, 1.54) is 0 Å². The van der Waals surface area contributed by atoms with E-state index in [-0.39, 0.29) is 5.69 Å². The fraction of sp³-hybridized carbons (Fsp3) is 0.125. The van der Waals surface area contributed by atoms with Gasteiger partial charge in [-0.1, -0.05) is 5.10 Å². The second-order valence-corrected chi connectivity index (χ2v) is 4.91. The molecule has 2 aromatic rings. The Labute approximate surface area is 104 Å². The minimum Gasteiger partial charge on any atom is -0.222 e. The molecule has 1 heterocycles. The van der Waals surface area contributed by atoms with Crippen molar-refractivity contribution < 1.29 is 21.6 Å². The maximum absolute atomic E-state index is 12.3. The summed E-state index contributed by atoms with van der Waals surface area (Å²) in [5, 5.41) is 14.1. The van der Waals surface area contributed by atoms with Crippen LogP contribution in [-0.2, 0) is 16.2 Å². The molecule has 7 nitrogen and oxygen atoms in total. The van der Waals surface area contributed by atoms with Crippen LogP contribution in [0.2, 0.25) is 0 Å². The molecule has 0 atom stereocenters. The van der Waals surface area contributed by atoms with Gasteiger partial charge < -0.3 is 0 Å². The predicted molar refractivity (Wildman–Crippen MR) is 55.5 cm³/mol. The molecule has 0 aliphatic heterocycles. The van der Waals surface area contributed by atoms with Crippen molar-refractivity contribution in [3.05, 3.63) is 29.8 Å². The van der Waals surface area contributed by atoms with Crippen LogP contribution in [0.5, 0.6) is 0 Å². The first kappa shape index (κ1) is 13.4. The highest BCUT2D eigenvalue weighted by Gasteiger charge is 2.30. The fourth-order valence-electron chi connectivity index (χ4n) is 1.21. The Hall–Kier alpha value is -2.01. The summed E-state index contributed by atoms with van der Waals surface area (Å²) >= 11 is 0. The predicted octanol–water partition coefficient (Wildman–Crippen LogP) is 0.329. The number of halogens is 3. The largest absolute Gasteiger partial charge is 0.416 e. The van der Waals surface area contributed by atoms with E-state index in [0.29, 0.717) is 0 Å². The summed E-state index contributed by atoms with van der Waals surface area (Å²) in [4.78, 5) is 0.764. The Morgan fingerprint density at radius 1 is 1.16 bits per heavy atom. The van der Waals surface area contributed by atoms with Crippen molar-refractivity contribution in [2.24, 2.45) is 5.14 Å². The third-order valence-electron chi connectivity index (χ3n) is 2.08. The second kappa shape index (κ2) is 4.28. The number of nitrogens with zero attached hydrogens (tertiary/aromatic N) is 4. The Morgan fingerprint density at radius 2 is 1.74 bits per heavy atom. The quantitative estimate of drug-likeness (QED) is 0.859. The number of rotatable bonds is 2. The van der Waals surface area contributed by atoms with Gasteiger partial charge in [0.15, 0.2) is 0 Å².